The highest BCUT2D eigenvalue weighted by molar-refractivity contribution is 5.96. The molecule has 1 atom stereocenters. The highest BCUT2D eigenvalue weighted by Gasteiger charge is 2.23. The Hall–Kier alpha value is -2.04. The molecule has 0 aliphatic heterocycles. The molecule has 0 radical (unpaired) electrons. The van der Waals surface area contributed by atoms with Gasteiger partial charge >= 0.3 is 5.97 Å². The number of aliphatic carboxylic acids is 1. The van der Waals surface area contributed by atoms with Gasteiger partial charge < -0.3 is 15.5 Å². The van der Waals surface area contributed by atoms with Crippen LogP contribution in [0.2, 0.25) is 0 Å². The van der Waals surface area contributed by atoms with E-state index in [9.17, 15) is 14.7 Å². The molecule has 0 saturated heterocycles. The van der Waals surface area contributed by atoms with E-state index in [1.54, 1.807) is 13.8 Å². The number of hydrogen-bond donors (Lipinski definition) is 3. The number of phenols is 1. The van der Waals surface area contributed by atoms with Crippen molar-refractivity contribution in [3.8, 4) is 5.75 Å². The van der Waals surface area contributed by atoms with Gasteiger partial charge in [0, 0.05) is 5.56 Å². The summed E-state index contributed by atoms with van der Waals surface area (Å²) in [6.45, 7) is 3.42. The van der Waals surface area contributed by atoms with Gasteiger partial charge in [0.2, 0.25) is 0 Å². The SMILES string of the molecule is CC(C)[C@@H](NC(=O)c1cccc(O)c1)C(=O)O. The predicted octanol–water partition coefficient (Wildman–Crippen LogP) is 1.23. The summed E-state index contributed by atoms with van der Waals surface area (Å²) in [5, 5.41) is 20.6. The zero-order valence-corrected chi connectivity index (χ0v) is 9.68. The summed E-state index contributed by atoms with van der Waals surface area (Å²) in [6.07, 6.45) is 0. The monoisotopic (exact) mass is 237 g/mol. The number of carboxylic acids is 1. The van der Waals surface area contributed by atoms with Crippen molar-refractivity contribution < 1.29 is 19.8 Å². The third kappa shape index (κ3) is 3.48. The maximum atomic E-state index is 11.7. The van der Waals surface area contributed by atoms with Crippen molar-refractivity contribution in [1.29, 1.82) is 0 Å². The molecule has 5 heteroatoms. The maximum Gasteiger partial charge on any atom is 0.326 e. The van der Waals surface area contributed by atoms with Crippen LogP contribution < -0.4 is 5.32 Å². The van der Waals surface area contributed by atoms with E-state index >= 15 is 0 Å². The number of carbonyl (C=O) groups excluding carboxylic acids is 1. The highest BCUT2D eigenvalue weighted by Crippen LogP contribution is 2.11. The van der Waals surface area contributed by atoms with Crippen LogP contribution in [0, 0.1) is 5.92 Å². The molecule has 0 unspecified atom stereocenters. The quantitative estimate of drug-likeness (QED) is 0.735. The first-order valence-electron chi connectivity index (χ1n) is 5.24. The number of phenolic OH excluding ortho intramolecular Hbond substituents is 1. The van der Waals surface area contributed by atoms with Crippen molar-refractivity contribution in [2.75, 3.05) is 0 Å². The molecule has 0 aromatic heterocycles. The summed E-state index contributed by atoms with van der Waals surface area (Å²) in [5.41, 5.74) is 0.233. The van der Waals surface area contributed by atoms with Crippen molar-refractivity contribution in [2.45, 2.75) is 19.9 Å². The van der Waals surface area contributed by atoms with Gasteiger partial charge in [-0.25, -0.2) is 4.79 Å². The zero-order chi connectivity index (χ0) is 13.0. The van der Waals surface area contributed by atoms with Crippen LogP contribution in [-0.2, 0) is 4.79 Å². The van der Waals surface area contributed by atoms with Gasteiger partial charge in [0.05, 0.1) is 0 Å². The summed E-state index contributed by atoms with van der Waals surface area (Å²) in [5.74, 6) is -1.83. The van der Waals surface area contributed by atoms with E-state index < -0.39 is 17.9 Å². The van der Waals surface area contributed by atoms with Crippen molar-refractivity contribution in [2.24, 2.45) is 5.92 Å². The molecule has 1 amide bonds. The predicted molar refractivity (Wildman–Crippen MR) is 61.8 cm³/mol. The Morgan fingerprint density at radius 1 is 1.29 bits per heavy atom. The second kappa shape index (κ2) is 5.34. The smallest absolute Gasteiger partial charge is 0.326 e. The van der Waals surface area contributed by atoms with Crippen molar-refractivity contribution in [3.63, 3.8) is 0 Å². The summed E-state index contributed by atoms with van der Waals surface area (Å²) in [6, 6.07) is 4.82. The van der Waals surface area contributed by atoms with Gasteiger partial charge in [-0.2, -0.15) is 0 Å². The average Bonchev–Trinajstić information content (AvgIpc) is 2.24. The Labute approximate surface area is 99.1 Å². The Kier molecular flexibility index (Phi) is 4.09. The Bertz CT molecular complexity index is 428. The lowest BCUT2D eigenvalue weighted by Gasteiger charge is -2.17. The van der Waals surface area contributed by atoms with Crippen molar-refractivity contribution >= 4 is 11.9 Å². The lowest BCUT2D eigenvalue weighted by Crippen LogP contribution is -2.44. The molecule has 0 saturated carbocycles. The number of hydrogen-bond acceptors (Lipinski definition) is 3. The van der Waals surface area contributed by atoms with E-state index in [0.717, 1.165) is 0 Å². The van der Waals surface area contributed by atoms with Gasteiger partial charge in [-0.05, 0) is 24.1 Å². The van der Waals surface area contributed by atoms with E-state index in [-0.39, 0.29) is 17.2 Å². The van der Waals surface area contributed by atoms with E-state index in [4.69, 9.17) is 5.11 Å². The minimum absolute atomic E-state index is 0.0333. The lowest BCUT2D eigenvalue weighted by atomic mass is 10.0. The Morgan fingerprint density at radius 2 is 1.94 bits per heavy atom. The van der Waals surface area contributed by atoms with Crippen LogP contribution in [0.3, 0.4) is 0 Å². The summed E-state index contributed by atoms with van der Waals surface area (Å²) in [7, 11) is 0. The molecule has 0 spiro atoms. The molecule has 3 N–H and O–H groups in total. The first kappa shape index (κ1) is 13.0. The molecular formula is C12H15NO4. The molecule has 0 aliphatic carbocycles. The van der Waals surface area contributed by atoms with Gasteiger partial charge in [-0.15, -0.1) is 0 Å². The van der Waals surface area contributed by atoms with Gasteiger partial charge in [-0.1, -0.05) is 19.9 Å². The van der Waals surface area contributed by atoms with E-state index in [2.05, 4.69) is 5.32 Å². The summed E-state index contributed by atoms with van der Waals surface area (Å²) in [4.78, 5) is 22.6. The first-order valence-corrected chi connectivity index (χ1v) is 5.24. The standard InChI is InChI=1S/C12H15NO4/c1-7(2)10(12(16)17)13-11(15)8-4-3-5-9(14)6-8/h3-7,10,14H,1-2H3,(H,13,15)(H,16,17)/t10-/m1/s1. The van der Waals surface area contributed by atoms with Gasteiger partial charge in [0.1, 0.15) is 11.8 Å². The molecule has 92 valence electrons. The van der Waals surface area contributed by atoms with Crippen molar-refractivity contribution in [3.05, 3.63) is 29.8 Å². The van der Waals surface area contributed by atoms with Crippen LogP contribution in [0.4, 0.5) is 0 Å². The normalized spacial score (nSPS) is 12.2. The van der Waals surface area contributed by atoms with Gasteiger partial charge in [0.25, 0.3) is 5.91 Å². The van der Waals surface area contributed by atoms with Crippen LogP contribution in [0.15, 0.2) is 24.3 Å². The van der Waals surface area contributed by atoms with Gasteiger partial charge in [0.15, 0.2) is 0 Å². The maximum absolute atomic E-state index is 11.7. The molecule has 0 heterocycles. The van der Waals surface area contributed by atoms with Crippen LogP contribution in [0.5, 0.6) is 5.75 Å². The number of benzene rings is 1. The van der Waals surface area contributed by atoms with E-state index in [1.807, 2.05) is 0 Å². The average molecular weight is 237 g/mol. The Balaban J connectivity index is 2.81. The number of rotatable bonds is 4. The third-order valence-corrected chi connectivity index (χ3v) is 2.33. The van der Waals surface area contributed by atoms with Crippen LogP contribution in [-0.4, -0.2) is 28.1 Å². The van der Waals surface area contributed by atoms with Crippen LogP contribution >= 0.6 is 0 Å². The fourth-order valence-electron chi connectivity index (χ4n) is 1.39. The zero-order valence-electron chi connectivity index (χ0n) is 9.68. The summed E-state index contributed by atoms with van der Waals surface area (Å²) < 4.78 is 0. The van der Waals surface area contributed by atoms with Gasteiger partial charge in [-0.3, -0.25) is 4.79 Å². The molecule has 0 aliphatic rings. The second-order valence-corrected chi connectivity index (χ2v) is 4.08. The molecule has 0 fully saturated rings. The molecule has 1 aromatic rings. The lowest BCUT2D eigenvalue weighted by molar-refractivity contribution is -0.140. The molecule has 1 rings (SSSR count). The van der Waals surface area contributed by atoms with E-state index in [1.165, 1.54) is 24.3 Å². The minimum Gasteiger partial charge on any atom is -0.508 e. The third-order valence-electron chi connectivity index (χ3n) is 2.33. The number of nitrogens with one attached hydrogen (secondary N) is 1. The first-order chi connectivity index (χ1) is 7.91. The summed E-state index contributed by atoms with van der Waals surface area (Å²) >= 11 is 0. The Morgan fingerprint density at radius 3 is 2.41 bits per heavy atom. The second-order valence-electron chi connectivity index (χ2n) is 4.08. The molecule has 0 bridgehead atoms. The fraction of sp³-hybridized carbons (Fsp3) is 0.333. The van der Waals surface area contributed by atoms with Crippen molar-refractivity contribution in [1.82, 2.24) is 5.32 Å². The molecular weight excluding hydrogens is 222 g/mol. The number of carbonyl (C=O) groups is 2. The minimum atomic E-state index is -1.08. The highest BCUT2D eigenvalue weighted by atomic mass is 16.4. The van der Waals surface area contributed by atoms with Crippen LogP contribution in [0.25, 0.3) is 0 Å². The topological polar surface area (TPSA) is 86.6 Å². The molecule has 5 nitrogen and oxygen atoms in total. The molecule has 17 heavy (non-hydrogen) atoms. The largest absolute Gasteiger partial charge is 0.508 e. The fourth-order valence-corrected chi connectivity index (χ4v) is 1.39. The van der Waals surface area contributed by atoms with Crippen LogP contribution in [0.1, 0.15) is 24.2 Å². The number of amides is 1. The van der Waals surface area contributed by atoms with E-state index in [0.29, 0.717) is 0 Å². The molecule has 1 aromatic carbocycles. The number of aromatic hydroxyl groups is 1. The number of carboxylic acid groups (broad SMARTS) is 1.